The summed E-state index contributed by atoms with van der Waals surface area (Å²) in [6, 6.07) is 0. The minimum atomic E-state index is -0.295. The average molecular weight is 307 g/mol. The van der Waals surface area contributed by atoms with Gasteiger partial charge in [0, 0.05) is 6.61 Å². The van der Waals surface area contributed by atoms with E-state index in [0.717, 1.165) is 48.1 Å². The minimum Gasteiger partial charge on any atom is -0.370 e. The number of ether oxygens (including phenoxy) is 1. The second kappa shape index (κ2) is 5.00. The number of hydrogen-bond donors (Lipinski definition) is 1. The van der Waals surface area contributed by atoms with Crippen LogP contribution in [0.2, 0.25) is 0 Å². The predicted octanol–water partition coefficient (Wildman–Crippen LogP) is 2.40. The summed E-state index contributed by atoms with van der Waals surface area (Å²) in [5, 5.41) is 14.3. The van der Waals surface area contributed by atoms with E-state index in [9.17, 15) is 0 Å². The molecule has 1 saturated heterocycles. The maximum Gasteiger partial charge on any atom is 0.234 e. The van der Waals surface area contributed by atoms with Gasteiger partial charge in [-0.1, -0.05) is 31.1 Å². The second-order valence-electron chi connectivity index (χ2n) is 6.52. The summed E-state index contributed by atoms with van der Waals surface area (Å²) in [7, 11) is 0. The van der Waals surface area contributed by atoms with Gasteiger partial charge in [-0.2, -0.15) is 9.61 Å². The van der Waals surface area contributed by atoms with Crippen molar-refractivity contribution in [1.29, 1.82) is 0 Å². The smallest absolute Gasteiger partial charge is 0.234 e. The molecular formula is C14H21N5OS. The molecule has 3 atom stereocenters. The zero-order valence-corrected chi connectivity index (χ0v) is 13.1. The fraction of sp³-hybridized carbons (Fsp3) is 0.786. The van der Waals surface area contributed by atoms with E-state index in [1.54, 1.807) is 11.3 Å². The van der Waals surface area contributed by atoms with Gasteiger partial charge in [0.15, 0.2) is 5.82 Å². The zero-order valence-electron chi connectivity index (χ0n) is 12.3. The lowest BCUT2D eigenvalue weighted by Crippen LogP contribution is -2.41. The van der Waals surface area contributed by atoms with E-state index in [1.807, 2.05) is 4.52 Å². The van der Waals surface area contributed by atoms with Crippen LogP contribution in [0.15, 0.2) is 0 Å². The molecule has 3 heterocycles. The first-order chi connectivity index (χ1) is 10.2. The largest absolute Gasteiger partial charge is 0.370 e. The predicted molar refractivity (Wildman–Crippen MR) is 80.1 cm³/mol. The van der Waals surface area contributed by atoms with E-state index in [-0.39, 0.29) is 11.6 Å². The van der Waals surface area contributed by atoms with Crippen molar-refractivity contribution in [2.75, 3.05) is 6.61 Å². The third-order valence-electron chi connectivity index (χ3n) is 4.69. The molecule has 114 valence electrons. The highest BCUT2D eigenvalue weighted by Crippen LogP contribution is 2.39. The van der Waals surface area contributed by atoms with Gasteiger partial charge >= 0.3 is 0 Å². The van der Waals surface area contributed by atoms with Crippen LogP contribution in [0.5, 0.6) is 0 Å². The van der Waals surface area contributed by atoms with Crippen LogP contribution in [-0.2, 0) is 10.3 Å². The van der Waals surface area contributed by atoms with E-state index in [1.165, 1.54) is 12.8 Å². The highest BCUT2D eigenvalue weighted by atomic mass is 32.1. The molecule has 2 aromatic heterocycles. The molecule has 2 aliphatic rings. The molecule has 2 aromatic rings. The average Bonchev–Trinajstić information content (AvgIpc) is 3.14. The molecule has 1 aliphatic carbocycles. The first-order valence-corrected chi connectivity index (χ1v) is 8.60. The molecule has 2 fully saturated rings. The molecule has 0 bridgehead atoms. The fourth-order valence-corrected chi connectivity index (χ4v) is 4.59. The van der Waals surface area contributed by atoms with Gasteiger partial charge in [0.25, 0.3) is 0 Å². The number of aromatic nitrogens is 4. The third kappa shape index (κ3) is 2.27. The Bertz CT molecular complexity index is 647. The van der Waals surface area contributed by atoms with E-state index in [4.69, 9.17) is 15.6 Å². The number of nitrogens with zero attached hydrogens (tertiary/aromatic N) is 4. The highest BCUT2D eigenvalue weighted by Gasteiger charge is 2.37. The lowest BCUT2D eigenvalue weighted by molar-refractivity contribution is 0.103. The summed E-state index contributed by atoms with van der Waals surface area (Å²) < 4.78 is 7.56. The Labute approximate surface area is 127 Å². The first-order valence-electron chi connectivity index (χ1n) is 7.79. The van der Waals surface area contributed by atoms with E-state index in [2.05, 4.69) is 17.1 Å². The molecule has 1 saturated carbocycles. The van der Waals surface area contributed by atoms with Crippen LogP contribution in [0.1, 0.15) is 62.4 Å². The van der Waals surface area contributed by atoms with Crippen LogP contribution in [0.3, 0.4) is 0 Å². The molecule has 3 unspecified atom stereocenters. The lowest BCUT2D eigenvalue weighted by Gasteiger charge is -2.34. The van der Waals surface area contributed by atoms with E-state index in [0.29, 0.717) is 5.92 Å². The van der Waals surface area contributed by atoms with Crippen molar-refractivity contribution >= 4 is 16.3 Å². The monoisotopic (exact) mass is 307 g/mol. The van der Waals surface area contributed by atoms with Crippen molar-refractivity contribution in [3.05, 3.63) is 10.8 Å². The molecule has 0 spiro atoms. The Morgan fingerprint density at radius 1 is 1.33 bits per heavy atom. The van der Waals surface area contributed by atoms with Crippen LogP contribution in [-0.4, -0.2) is 26.4 Å². The summed E-state index contributed by atoms with van der Waals surface area (Å²) in [4.78, 5) is 0.832. The van der Waals surface area contributed by atoms with Gasteiger partial charge in [0.05, 0.1) is 5.54 Å². The Morgan fingerprint density at radius 3 is 3.00 bits per heavy atom. The summed E-state index contributed by atoms with van der Waals surface area (Å²) in [5.74, 6) is 1.49. The molecule has 0 radical (unpaired) electrons. The molecule has 1 aliphatic heterocycles. The van der Waals surface area contributed by atoms with Gasteiger partial charge < -0.3 is 10.5 Å². The molecule has 2 N–H and O–H groups in total. The molecule has 0 aromatic carbocycles. The van der Waals surface area contributed by atoms with Crippen LogP contribution < -0.4 is 5.73 Å². The summed E-state index contributed by atoms with van der Waals surface area (Å²) in [6.45, 7) is 3.08. The van der Waals surface area contributed by atoms with Crippen LogP contribution in [0.4, 0.5) is 0 Å². The van der Waals surface area contributed by atoms with Gasteiger partial charge in [-0.25, -0.2) is 0 Å². The van der Waals surface area contributed by atoms with Gasteiger partial charge in [-0.15, -0.1) is 10.2 Å². The molecule has 4 rings (SSSR count). The number of fused-ring (bicyclic) bond motifs is 1. The summed E-state index contributed by atoms with van der Waals surface area (Å²) in [5.41, 5.74) is 6.36. The fourth-order valence-electron chi connectivity index (χ4n) is 3.60. The molecule has 7 heteroatoms. The summed E-state index contributed by atoms with van der Waals surface area (Å²) in [6.07, 6.45) is 6.57. The van der Waals surface area contributed by atoms with Gasteiger partial charge in [-0.05, 0) is 31.6 Å². The number of rotatable bonds is 2. The van der Waals surface area contributed by atoms with Gasteiger partial charge in [-0.3, -0.25) is 0 Å². The summed E-state index contributed by atoms with van der Waals surface area (Å²) >= 11 is 1.58. The van der Waals surface area contributed by atoms with Crippen molar-refractivity contribution in [3.63, 3.8) is 0 Å². The SMILES string of the molecule is CC1CCCC(N)(c2nn3c(C4CCCO4)nnc3s2)C1. The van der Waals surface area contributed by atoms with Crippen molar-refractivity contribution in [3.8, 4) is 0 Å². The Kier molecular flexibility index (Phi) is 3.24. The first kappa shape index (κ1) is 13.6. The number of hydrogen-bond acceptors (Lipinski definition) is 6. The Morgan fingerprint density at radius 2 is 2.24 bits per heavy atom. The van der Waals surface area contributed by atoms with Gasteiger partial charge in [0.1, 0.15) is 11.1 Å². The Hall–Kier alpha value is -1.05. The normalized spacial score (nSPS) is 33.8. The molecular weight excluding hydrogens is 286 g/mol. The maximum absolute atomic E-state index is 6.65. The zero-order chi connectivity index (χ0) is 14.4. The molecule has 6 nitrogen and oxygen atoms in total. The number of nitrogens with two attached hydrogens (primary N) is 1. The van der Waals surface area contributed by atoms with Crippen LogP contribution in [0, 0.1) is 5.92 Å². The third-order valence-corrected chi connectivity index (χ3v) is 5.81. The van der Waals surface area contributed by atoms with Crippen molar-refractivity contribution in [2.24, 2.45) is 11.7 Å². The lowest BCUT2D eigenvalue weighted by atomic mass is 9.77. The quantitative estimate of drug-likeness (QED) is 0.921. The van der Waals surface area contributed by atoms with Crippen LogP contribution >= 0.6 is 11.3 Å². The second-order valence-corrected chi connectivity index (χ2v) is 7.48. The van der Waals surface area contributed by atoms with Crippen LogP contribution in [0.25, 0.3) is 4.96 Å². The van der Waals surface area contributed by atoms with E-state index >= 15 is 0 Å². The highest BCUT2D eigenvalue weighted by molar-refractivity contribution is 7.16. The Balaban J connectivity index is 1.70. The maximum atomic E-state index is 6.65. The minimum absolute atomic E-state index is 0.0361. The molecule has 0 amide bonds. The van der Waals surface area contributed by atoms with Crippen molar-refractivity contribution in [2.45, 2.75) is 57.1 Å². The van der Waals surface area contributed by atoms with E-state index < -0.39 is 0 Å². The molecule has 21 heavy (non-hydrogen) atoms. The topological polar surface area (TPSA) is 78.3 Å². The van der Waals surface area contributed by atoms with Crippen molar-refractivity contribution < 1.29 is 4.74 Å². The van der Waals surface area contributed by atoms with Gasteiger partial charge in [0.2, 0.25) is 4.96 Å². The van der Waals surface area contributed by atoms with Crippen molar-refractivity contribution in [1.82, 2.24) is 19.8 Å². The standard InChI is InChI=1S/C14H21N5OS/c1-9-4-2-6-14(15,8-9)12-18-19-11(10-5-3-7-20-10)16-17-13(19)21-12/h9-10H,2-8,15H2,1H3.